The Kier molecular flexibility index (Phi) is 5.38. The van der Waals surface area contributed by atoms with Crippen molar-refractivity contribution >= 4 is 39.0 Å². The first-order chi connectivity index (χ1) is 17.5. The molecule has 0 atom stereocenters. The van der Waals surface area contributed by atoms with E-state index in [4.69, 9.17) is 15.5 Å². The maximum Gasteiger partial charge on any atom is 0.350 e. The lowest BCUT2D eigenvalue weighted by molar-refractivity contribution is 0.0480. The number of fused-ring (bicyclic) bond motifs is 4. The van der Waals surface area contributed by atoms with Crippen LogP contribution in [0.25, 0.3) is 32.6 Å². The van der Waals surface area contributed by atoms with E-state index in [2.05, 4.69) is 12.1 Å². The number of Topliss-reactive ketones (excluding diaryl/α,β-unsaturated/α-hetero) is 1. The highest BCUT2D eigenvalue weighted by Gasteiger charge is 2.23. The van der Waals surface area contributed by atoms with Gasteiger partial charge in [0.2, 0.25) is 0 Å². The number of carbonyl (C=O) groups excluding carboxylic acids is 2. The number of rotatable bonds is 5. The summed E-state index contributed by atoms with van der Waals surface area (Å²) in [6.07, 6.45) is 0.794. The van der Waals surface area contributed by atoms with Gasteiger partial charge in [-0.1, -0.05) is 66.7 Å². The molecule has 176 valence electrons. The van der Waals surface area contributed by atoms with E-state index in [-0.39, 0.29) is 17.3 Å². The van der Waals surface area contributed by atoms with E-state index >= 15 is 0 Å². The van der Waals surface area contributed by atoms with Crippen LogP contribution >= 0.6 is 11.3 Å². The Labute approximate surface area is 212 Å². The smallest absolute Gasteiger partial charge is 0.350 e. The zero-order chi connectivity index (χ0) is 24.8. The molecule has 0 radical (unpaired) electrons. The molecular weight excluding hydrogens is 468 g/mol. The molecule has 5 aromatic rings. The number of benzene rings is 3. The second kappa shape index (κ2) is 8.73. The van der Waals surface area contributed by atoms with Crippen LogP contribution in [0, 0.1) is 6.92 Å². The summed E-state index contributed by atoms with van der Waals surface area (Å²) in [5.41, 5.74) is 14.7. The van der Waals surface area contributed by atoms with Crippen molar-refractivity contribution in [1.29, 1.82) is 0 Å². The number of ether oxygens (including phenoxy) is 1. The highest BCUT2D eigenvalue weighted by molar-refractivity contribution is 7.21. The molecule has 6 rings (SSSR count). The van der Waals surface area contributed by atoms with E-state index in [1.807, 2.05) is 67.6 Å². The third kappa shape index (κ3) is 3.76. The summed E-state index contributed by atoms with van der Waals surface area (Å²) < 4.78 is 5.40. The molecule has 0 bridgehead atoms. The van der Waals surface area contributed by atoms with Gasteiger partial charge >= 0.3 is 5.97 Å². The topological polar surface area (TPSA) is 82.3 Å². The maximum absolute atomic E-state index is 12.9. The van der Waals surface area contributed by atoms with Gasteiger partial charge in [-0.15, -0.1) is 11.3 Å². The van der Waals surface area contributed by atoms with E-state index < -0.39 is 5.97 Å². The Bertz CT molecular complexity index is 1670. The zero-order valence-electron chi connectivity index (χ0n) is 19.6. The lowest BCUT2D eigenvalue weighted by Crippen LogP contribution is -2.14. The summed E-state index contributed by atoms with van der Waals surface area (Å²) in [6, 6.07) is 25.7. The van der Waals surface area contributed by atoms with Gasteiger partial charge in [-0.3, -0.25) is 4.79 Å². The standard InChI is InChI=1S/C30H22N2O3S/c1-17-13-24-26(31)28(36-29(24)32-27(17)18-7-3-2-4-8-18)30(34)35-16-25(33)20-11-12-23-21(15-20)14-19-9-5-6-10-22(19)23/h2-13,15H,14,16,31H2,1H3. The minimum absolute atomic E-state index is 0.248. The van der Waals surface area contributed by atoms with Gasteiger partial charge in [-0.2, -0.15) is 0 Å². The molecule has 6 heteroatoms. The summed E-state index contributed by atoms with van der Waals surface area (Å²) in [5, 5.41) is 0.716. The van der Waals surface area contributed by atoms with Crippen molar-refractivity contribution < 1.29 is 14.3 Å². The highest BCUT2D eigenvalue weighted by Crippen LogP contribution is 2.38. The van der Waals surface area contributed by atoms with Gasteiger partial charge in [0.05, 0.1) is 11.4 Å². The van der Waals surface area contributed by atoms with Crippen molar-refractivity contribution in [3.8, 4) is 22.4 Å². The predicted octanol–water partition coefficient (Wildman–Crippen LogP) is 6.46. The normalized spacial score (nSPS) is 11.8. The van der Waals surface area contributed by atoms with Gasteiger partial charge in [-0.25, -0.2) is 9.78 Å². The van der Waals surface area contributed by atoms with Crippen molar-refractivity contribution in [1.82, 2.24) is 4.98 Å². The van der Waals surface area contributed by atoms with Crippen molar-refractivity contribution in [3.63, 3.8) is 0 Å². The predicted molar refractivity (Wildman–Crippen MR) is 144 cm³/mol. The molecule has 0 amide bonds. The number of aryl methyl sites for hydroxylation is 1. The second-order valence-electron chi connectivity index (χ2n) is 8.92. The summed E-state index contributed by atoms with van der Waals surface area (Å²) in [4.78, 5) is 31.4. The molecule has 0 spiro atoms. The van der Waals surface area contributed by atoms with Gasteiger partial charge in [-0.05, 0) is 53.3 Å². The quantitative estimate of drug-likeness (QED) is 0.221. The van der Waals surface area contributed by atoms with Crippen LogP contribution < -0.4 is 5.73 Å². The Morgan fingerprint density at radius 3 is 2.53 bits per heavy atom. The van der Waals surface area contributed by atoms with Crippen molar-refractivity contribution in [2.45, 2.75) is 13.3 Å². The highest BCUT2D eigenvalue weighted by atomic mass is 32.1. The molecule has 0 saturated heterocycles. The first kappa shape index (κ1) is 22.2. The number of aromatic nitrogens is 1. The van der Waals surface area contributed by atoms with Crippen LogP contribution in [0.3, 0.4) is 0 Å². The van der Waals surface area contributed by atoms with Gasteiger partial charge < -0.3 is 10.5 Å². The minimum atomic E-state index is -0.615. The van der Waals surface area contributed by atoms with Gasteiger partial charge in [0.25, 0.3) is 0 Å². The van der Waals surface area contributed by atoms with Crippen LogP contribution in [0.4, 0.5) is 5.69 Å². The largest absolute Gasteiger partial charge is 0.453 e. The van der Waals surface area contributed by atoms with Crippen LogP contribution in [0.2, 0.25) is 0 Å². The number of nitrogen functional groups attached to an aromatic ring is 1. The first-order valence-corrected chi connectivity index (χ1v) is 12.5. The van der Waals surface area contributed by atoms with Crippen LogP contribution in [0.15, 0.2) is 78.9 Å². The fourth-order valence-corrected chi connectivity index (χ4v) is 5.75. The third-order valence-corrected chi connectivity index (χ3v) is 7.69. The van der Waals surface area contributed by atoms with E-state index in [9.17, 15) is 9.59 Å². The number of thiophene rings is 1. The number of anilines is 1. The lowest BCUT2D eigenvalue weighted by atomic mass is 10.0. The molecule has 2 heterocycles. The number of nitrogens with two attached hydrogens (primary N) is 1. The molecular formula is C30H22N2O3S. The zero-order valence-corrected chi connectivity index (χ0v) is 20.4. The fraction of sp³-hybridized carbons (Fsp3) is 0.100. The number of esters is 1. The molecule has 2 N–H and O–H groups in total. The monoisotopic (exact) mass is 490 g/mol. The number of hydrogen-bond donors (Lipinski definition) is 1. The molecule has 3 aromatic carbocycles. The first-order valence-electron chi connectivity index (χ1n) is 11.7. The van der Waals surface area contributed by atoms with Crippen molar-refractivity contribution in [3.05, 3.63) is 106 Å². The molecule has 0 fully saturated rings. The van der Waals surface area contributed by atoms with Crippen LogP contribution in [-0.4, -0.2) is 23.3 Å². The second-order valence-corrected chi connectivity index (χ2v) is 9.92. The van der Waals surface area contributed by atoms with E-state index in [0.717, 1.165) is 34.4 Å². The van der Waals surface area contributed by atoms with Crippen molar-refractivity contribution in [2.24, 2.45) is 0 Å². The summed E-state index contributed by atoms with van der Waals surface area (Å²) in [5.74, 6) is -0.863. The average Bonchev–Trinajstić information content (AvgIpc) is 3.44. The van der Waals surface area contributed by atoms with Gasteiger partial charge in [0, 0.05) is 16.5 Å². The van der Waals surface area contributed by atoms with Crippen LogP contribution in [0.1, 0.15) is 36.7 Å². The summed E-state index contributed by atoms with van der Waals surface area (Å²) in [6.45, 7) is 1.62. The van der Waals surface area contributed by atoms with Gasteiger partial charge in [0.15, 0.2) is 12.4 Å². The van der Waals surface area contributed by atoms with Gasteiger partial charge in [0.1, 0.15) is 9.71 Å². The molecule has 5 nitrogen and oxygen atoms in total. The summed E-state index contributed by atoms with van der Waals surface area (Å²) in [7, 11) is 0. The molecule has 0 aliphatic heterocycles. The molecule has 0 unspecified atom stereocenters. The molecule has 1 aliphatic rings. The Hall–Kier alpha value is -4.29. The fourth-order valence-electron chi connectivity index (χ4n) is 4.78. The number of carbonyl (C=O) groups is 2. The van der Waals surface area contributed by atoms with E-state index in [1.165, 1.54) is 22.5 Å². The Morgan fingerprint density at radius 1 is 0.944 bits per heavy atom. The number of ketones is 1. The molecule has 2 aromatic heterocycles. The Balaban J connectivity index is 1.20. The summed E-state index contributed by atoms with van der Waals surface area (Å²) >= 11 is 1.18. The van der Waals surface area contributed by atoms with E-state index in [1.54, 1.807) is 6.07 Å². The lowest BCUT2D eigenvalue weighted by Gasteiger charge is -2.06. The van der Waals surface area contributed by atoms with E-state index in [0.29, 0.717) is 21.5 Å². The number of pyridine rings is 1. The maximum atomic E-state index is 12.9. The van der Waals surface area contributed by atoms with Crippen molar-refractivity contribution in [2.75, 3.05) is 12.3 Å². The molecule has 1 aliphatic carbocycles. The third-order valence-electron chi connectivity index (χ3n) is 6.59. The minimum Gasteiger partial charge on any atom is -0.453 e. The molecule has 36 heavy (non-hydrogen) atoms. The van der Waals surface area contributed by atoms with Crippen LogP contribution in [-0.2, 0) is 11.2 Å². The Morgan fingerprint density at radius 2 is 1.69 bits per heavy atom. The number of nitrogens with zero attached hydrogens (tertiary/aromatic N) is 1. The molecule has 0 saturated carbocycles. The number of hydrogen-bond acceptors (Lipinski definition) is 6. The SMILES string of the molecule is Cc1cc2c(N)c(C(=O)OCC(=O)c3ccc4c(c3)Cc3ccccc3-4)sc2nc1-c1ccccc1. The van der Waals surface area contributed by atoms with Crippen LogP contribution in [0.5, 0.6) is 0 Å². The average molecular weight is 491 g/mol.